The second kappa shape index (κ2) is 8.09. The number of carbonyl (C=O) groups is 2. The second-order valence-corrected chi connectivity index (χ2v) is 8.30. The number of aromatic nitrogens is 1. The van der Waals surface area contributed by atoms with Crippen LogP contribution in [-0.4, -0.2) is 35.3 Å². The number of carbonyl (C=O) groups excluding carboxylic acids is 2. The third kappa shape index (κ3) is 4.26. The standard InChI is InChI=1S/C23H31NO5/c1-7-16-20(22(26)29-23(4,5)6)19-17(24(16)15-10-11-15)12-14(21(25)28-9-3)13-18(19)27-8-2/h12-13,15H,7-11H2,1-6H3. The minimum absolute atomic E-state index is 0.299. The lowest BCUT2D eigenvalue weighted by Crippen LogP contribution is -2.24. The van der Waals surface area contributed by atoms with Crippen LogP contribution in [0.5, 0.6) is 5.75 Å². The van der Waals surface area contributed by atoms with Gasteiger partial charge in [-0.2, -0.15) is 0 Å². The van der Waals surface area contributed by atoms with Gasteiger partial charge in [0.05, 0.1) is 35.2 Å². The van der Waals surface area contributed by atoms with Crippen molar-refractivity contribution in [2.75, 3.05) is 13.2 Å². The fraction of sp³-hybridized carbons (Fsp3) is 0.565. The summed E-state index contributed by atoms with van der Waals surface area (Å²) in [7, 11) is 0. The molecular formula is C23H31NO5. The molecule has 0 saturated heterocycles. The van der Waals surface area contributed by atoms with Gasteiger partial charge in [0.1, 0.15) is 11.4 Å². The third-order valence-electron chi connectivity index (χ3n) is 4.83. The van der Waals surface area contributed by atoms with Gasteiger partial charge in [0.25, 0.3) is 0 Å². The van der Waals surface area contributed by atoms with E-state index < -0.39 is 11.6 Å². The van der Waals surface area contributed by atoms with Gasteiger partial charge in [0.2, 0.25) is 0 Å². The second-order valence-electron chi connectivity index (χ2n) is 8.30. The first-order chi connectivity index (χ1) is 13.7. The van der Waals surface area contributed by atoms with Crippen LogP contribution in [0.15, 0.2) is 12.1 Å². The summed E-state index contributed by atoms with van der Waals surface area (Å²) in [5, 5.41) is 0.720. The molecule has 6 heteroatoms. The molecule has 0 bridgehead atoms. The first kappa shape index (κ1) is 21.2. The smallest absolute Gasteiger partial charge is 0.341 e. The van der Waals surface area contributed by atoms with Crippen molar-refractivity contribution in [1.82, 2.24) is 4.57 Å². The normalized spacial score (nSPS) is 14.1. The molecule has 1 aliphatic rings. The molecule has 2 aromatic rings. The quantitative estimate of drug-likeness (QED) is 0.606. The fourth-order valence-electron chi connectivity index (χ4n) is 3.70. The number of hydrogen-bond donors (Lipinski definition) is 0. The summed E-state index contributed by atoms with van der Waals surface area (Å²) < 4.78 is 19.0. The maximum absolute atomic E-state index is 13.2. The average Bonchev–Trinajstić information content (AvgIpc) is 3.41. The van der Waals surface area contributed by atoms with Gasteiger partial charge in [-0.15, -0.1) is 0 Å². The number of rotatable bonds is 7. The van der Waals surface area contributed by atoms with E-state index in [9.17, 15) is 9.59 Å². The molecule has 0 spiro atoms. The molecule has 158 valence electrons. The van der Waals surface area contributed by atoms with Crippen molar-refractivity contribution in [2.45, 2.75) is 72.4 Å². The largest absolute Gasteiger partial charge is 0.493 e. The molecule has 0 atom stereocenters. The van der Waals surface area contributed by atoms with Gasteiger partial charge in [0, 0.05) is 11.7 Å². The average molecular weight is 402 g/mol. The Morgan fingerprint density at radius 2 is 1.76 bits per heavy atom. The maximum Gasteiger partial charge on any atom is 0.341 e. The Morgan fingerprint density at radius 1 is 1.07 bits per heavy atom. The maximum atomic E-state index is 13.2. The van der Waals surface area contributed by atoms with Gasteiger partial charge >= 0.3 is 11.9 Å². The minimum Gasteiger partial charge on any atom is -0.493 e. The van der Waals surface area contributed by atoms with Crippen LogP contribution >= 0.6 is 0 Å². The van der Waals surface area contributed by atoms with E-state index >= 15 is 0 Å². The Bertz CT molecular complexity index is 931. The van der Waals surface area contributed by atoms with Gasteiger partial charge < -0.3 is 18.8 Å². The molecule has 0 unspecified atom stereocenters. The van der Waals surface area contributed by atoms with E-state index in [2.05, 4.69) is 4.57 Å². The lowest BCUT2D eigenvalue weighted by Gasteiger charge is -2.20. The van der Waals surface area contributed by atoms with E-state index in [0.29, 0.717) is 42.6 Å². The van der Waals surface area contributed by atoms with Crippen molar-refractivity contribution in [3.8, 4) is 5.75 Å². The van der Waals surface area contributed by atoms with Gasteiger partial charge in [-0.1, -0.05) is 6.92 Å². The summed E-state index contributed by atoms with van der Waals surface area (Å²) in [6.07, 6.45) is 2.79. The van der Waals surface area contributed by atoms with Gasteiger partial charge in [-0.25, -0.2) is 9.59 Å². The molecule has 1 aromatic heterocycles. The Labute approximate surface area is 172 Å². The van der Waals surface area contributed by atoms with Gasteiger partial charge in [0.15, 0.2) is 0 Å². The van der Waals surface area contributed by atoms with Crippen LogP contribution in [0.4, 0.5) is 0 Å². The number of nitrogens with zero attached hydrogens (tertiary/aromatic N) is 1. The Balaban J connectivity index is 2.31. The summed E-state index contributed by atoms with van der Waals surface area (Å²) in [5.74, 6) is -0.234. The van der Waals surface area contributed by atoms with Crippen molar-refractivity contribution in [3.05, 3.63) is 29.0 Å². The number of hydrogen-bond acceptors (Lipinski definition) is 5. The zero-order chi connectivity index (χ0) is 21.3. The van der Waals surface area contributed by atoms with E-state index in [4.69, 9.17) is 14.2 Å². The molecule has 1 saturated carbocycles. The van der Waals surface area contributed by atoms with E-state index in [1.54, 1.807) is 13.0 Å². The zero-order valence-electron chi connectivity index (χ0n) is 18.3. The van der Waals surface area contributed by atoms with E-state index in [-0.39, 0.29) is 5.97 Å². The number of esters is 2. The van der Waals surface area contributed by atoms with Crippen molar-refractivity contribution in [1.29, 1.82) is 0 Å². The number of ether oxygens (including phenoxy) is 3. The topological polar surface area (TPSA) is 66.8 Å². The molecular weight excluding hydrogens is 370 g/mol. The summed E-state index contributed by atoms with van der Waals surface area (Å²) >= 11 is 0. The van der Waals surface area contributed by atoms with Crippen LogP contribution in [0.2, 0.25) is 0 Å². The van der Waals surface area contributed by atoms with Crippen LogP contribution < -0.4 is 4.74 Å². The molecule has 3 rings (SSSR count). The predicted octanol–water partition coefficient (Wildman–Crippen LogP) is 5.07. The Hall–Kier alpha value is -2.50. The fourth-order valence-corrected chi connectivity index (χ4v) is 3.70. The highest BCUT2D eigenvalue weighted by Crippen LogP contribution is 2.45. The number of fused-ring (bicyclic) bond motifs is 1. The first-order valence-corrected chi connectivity index (χ1v) is 10.5. The van der Waals surface area contributed by atoms with E-state index in [0.717, 1.165) is 29.4 Å². The Morgan fingerprint density at radius 3 is 2.28 bits per heavy atom. The van der Waals surface area contributed by atoms with Crippen molar-refractivity contribution < 1.29 is 23.8 Å². The molecule has 1 aromatic carbocycles. The molecule has 6 nitrogen and oxygen atoms in total. The first-order valence-electron chi connectivity index (χ1n) is 10.5. The monoisotopic (exact) mass is 401 g/mol. The molecule has 1 aliphatic carbocycles. The van der Waals surface area contributed by atoms with Crippen LogP contribution in [0.25, 0.3) is 10.9 Å². The molecule has 0 radical (unpaired) electrons. The summed E-state index contributed by atoms with van der Waals surface area (Å²) in [6.45, 7) is 12.0. The van der Waals surface area contributed by atoms with Crippen molar-refractivity contribution in [3.63, 3.8) is 0 Å². The highest BCUT2D eigenvalue weighted by Gasteiger charge is 2.34. The molecule has 0 aliphatic heterocycles. The lowest BCUT2D eigenvalue weighted by atomic mass is 10.1. The molecule has 1 fully saturated rings. The van der Waals surface area contributed by atoms with Gasteiger partial charge in [-0.3, -0.25) is 0 Å². The van der Waals surface area contributed by atoms with Gasteiger partial charge in [-0.05, 0) is 66.0 Å². The van der Waals surface area contributed by atoms with Crippen LogP contribution in [0.1, 0.15) is 86.8 Å². The van der Waals surface area contributed by atoms with Crippen LogP contribution in [0.3, 0.4) is 0 Å². The SMILES string of the molecule is CCOC(=O)c1cc(OCC)c2c(C(=O)OC(C)(C)C)c(CC)n(C3CC3)c2c1. The number of benzene rings is 1. The highest BCUT2D eigenvalue weighted by molar-refractivity contribution is 6.10. The minimum atomic E-state index is -0.604. The molecule has 1 heterocycles. The predicted molar refractivity (Wildman–Crippen MR) is 112 cm³/mol. The Kier molecular flexibility index (Phi) is 5.92. The summed E-state index contributed by atoms with van der Waals surface area (Å²) in [6, 6.07) is 3.82. The van der Waals surface area contributed by atoms with Crippen molar-refractivity contribution >= 4 is 22.8 Å². The molecule has 29 heavy (non-hydrogen) atoms. The molecule has 0 amide bonds. The van der Waals surface area contributed by atoms with Crippen molar-refractivity contribution in [2.24, 2.45) is 0 Å². The molecule has 0 N–H and O–H groups in total. The van der Waals surface area contributed by atoms with Crippen LogP contribution in [-0.2, 0) is 15.9 Å². The highest BCUT2D eigenvalue weighted by atomic mass is 16.6. The van der Waals surface area contributed by atoms with E-state index in [1.807, 2.05) is 40.7 Å². The van der Waals surface area contributed by atoms with E-state index in [1.165, 1.54) is 0 Å². The third-order valence-corrected chi connectivity index (χ3v) is 4.83. The van der Waals surface area contributed by atoms with Crippen LogP contribution in [0, 0.1) is 0 Å². The zero-order valence-corrected chi connectivity index (χ0v) is 18.3. The summed E-state index contributed by atoms with van der Waals surface area (Å²) in [5.41, 5.74) is 2.13. The lowest BCUT2D eigenvalue weighted by molar-refractivity contribution is 0.00699. The summed E-state index contributed by atoms with van der Waals surface area (Å²) in [4.78, 5) is 25.7.